The third-order valence-electron chi connectivity index (χ3n) is 9.94. The second kappa shape index (κ2) is 9.81. The summed E-state index contributed by atoms with van der Waals surface area (Å²) >= 11 is 4.08. The molecule has 0 radical (unpaired) electrons. The summed E-state index contributed by atoms with van der Waals surface area (Å²) in [5, 5.41) is 14.3. The zero-order valence-electron chi connectivity index (χ0n) is 21.9. The number of thiol groups is 1. The molecule has 3 saturated carbocycles. The first-order valence-electron chi connectivity index (χ1n) is 13.6. The number of carbonyl (C=O) groups excluding carboxylic acids is 3. The maximum atomic E-state index is 14.0. The maximum absolute atomic E-state index is 14.0. The van der Waals surface area contributed by atoms with Gasteiger partial charge in [-0.3, -0.25) is 9.59 Å². The van der Waals surface area contributed by atoms with Gasteiger partial charge in [0.05, 0.1) is 12.2 Å². The topological polar surface area (TPSA) is 111 Å². The maximum Gasteiger partial charge on any atom is 0.407 e. The Kier molecular flexibility index (Phi) is 7.13. The summed E-state index contributed by atoms with van der Waals surface area (Å²) < 4.78 is 18.2. The van der Waals surface area contributed by atoms with E-state index in [0.717, 1.165) is 24.8 Å². The van der Waals surface area contributed by atoms with Crippen LogP contribution in [0.4, 0.5) is 4.79 Å². The third-order valence-corrected chi connectivity index (χ3v) is 10.2. The van der Waals surface area contributed by atoms with Gasteiger partial charge in [0.1, 0.15) is 0 Å². The van der Waals surface area contributed by atoms with Gasteiger partial charge in [-0.2, -0.15) is 12.6 Å². The summed E-state index contributed by atoms with van der Waals surface area (Å²) in [6.45, 7) is 6.15. The third kappa shape index (κ3) is 4.03. The monoisotopic (exact) mass is 533 g/mol. The number of alkyl carbamates (subject to hydrolysis) is 1. The van der Waals surface area contributed by atoms with Gasteiger partial charge < -0.3 is 24.6 Å². The second-order valence-corrected chi connectivity index (χ2v) is 12.2. The van der Waals surface area contributed by atoms with Crippen LogP contribution in [0.1, 0.15) is 59.3 Å². The van der Waals surface area contributed by atoms with Crippen molar-refractivity contribution in [3.05, 3.63) is 23.8 Å². The summed E-state index contributed by atoms with van der Waals surface area (Å²) in [6.07, 6.45) is 7.18. The second-order valence-electron chi connectivity index (χ2n) is 11.8. The number of Topliss-reactive ketones (excluding diaryl/α,β-unsaturated/α-hetero) is 1. The molecule has 5 aliphatic rings. The molecule has 2 N–H and O–H groups in total. The van der Waals surface area contributed by atoms with Crippen molar-refractivity contribution in [1.29, 1.82) is 0 Å². The lowest BCUT2D eigenvalue weighted by molar-refractivity contribution is -0.200. The molecule has 0 aromatic carbocycles. The van der Waals surface area contributed by atoms with E-state index in [1.807, 2.05) is 13.0 Å². The van der Waals surface area contributed by atoms with Crippen LogP contribution in [0, 0.1) is 28.6 Å². The van der Waals surface area contributed by atoms with Gasteiger partial charge in [-0.25, -0.2) is 4.79 Å². The highest BCUT2D eigenvalue weighted by Crippen LogP contribution is 2.69. The van der Waals surface area contributed by atoms with Gasteiger partial charge in [0, 0.05) is 29.0 Å². The number of hydrogen-bond donors (Lipinski definition) is 3. The molecule has 1 heterocycles. The van der Waals surface area contributed by atoms with E-state index in [1.54, 1.807) is 12.2 Å². The van der Waals surface area contributed by atoms with Crippen molar-refractivity contribution < 1.29 is 33.7 Å². The minimum Gasteiger partial charge on any atom is -0.441 e. The SMILES string of the molecule is CCCC1O[C@@H]2C[C@H]3[C@@H]4CCC5=CC(=O)C=C[C@]5(C)[C@H]4[C@@H](O)C[C@]3(C)[C@]2(C(=O)COC(=O)NCCS)O1. The molecule has 204 valence electrons. The Morgan fingerprint density at radius 2 is 2.11 bits per heavy atom. The lowest BCUT2D eigenvalue weighted by Gasteiger charge is -2.59. The van der Waals surface area contributed by atoms with Crippen LogP contribution in [0.2, 0.25) is 0 Å². The number of ether oxygens (including phenoxy) is 3. The van der Waals surface area contributed by atoms with E-state index in [-0.39, 0.29) is 29.3 Å². The number of carbonyl (C=O) groups is 3. The first kappa shape index (κ1) is 26.9. The highest BCUT2D eigenvalue weighted by molar-refractivity contribution is 7.80. The molecule has 0 aromatic heterocycles. The van der Waals surface area contributed by atoms with Crippen LogP contribution < -0.4 is 5.32 Å². The molecule has 0 aromatic rings. The van der Waals surface area contributed by atoms with Crippen LogP contribution in [-0.4, -0.2) is 65.8 Å². The Labute approximate surface area is 224 Å². The number of rotatable bonds is 7. The Morgan fingerprint density at radius 3 is 2.84 bits per heavy atom. The molecule has 37 heavy (non-hydrogen) atoms. The Morgan fingerprint density at radius 1 is 1.32 bits per heavy atom. The van der Waals surface area contributed by atoms with Gasteiger partial charge in [0.15, 0.2) is 24.3 Å². The average molecular weight is 534 g/mol. The molecule has 1 saturated heterocycles. The number of aliphatic hydroxyl groups is 1. The van der Waals surface area contributed by atoms with Crippen molar-refractivity contribution >= 4 is 30.3 Å². The molecule has 9 atom stereocenters. The van der Waals surface area contributed by atoms with Crippen molar-refractivity contribution in [3.8, 4) is 0 Å². The fraction of sp³-hybridized carbons (Fsp3) is 0.750. The predicted molar refractivity (Wildman–Crippen MR) is 139 cm³/mol. The lowest BCUT2D eigenvalue weighted by atomic mass is 9.46. The summed E-state index contributed by atoms with van der Waals surface area (Å²) in [6, 6.07) is 0. The van der Waals surface area contributed by atoms with Crippen LogP contribution in [-0.2, 0) is 23.8 Å². The molecule has 4 aliphatic carbocycles. The quantitative estimate of drug-likeness (QED) is 0.430. The molecular formula is C28H39NO7S. The first-order valence-corrected chi connectivity index (χ1v) is 14.2. The molecular weight excluding hydrogens is 494 g/mol. The van der Waals surface area contributed by atoms with E-state index in [2.05, 4.69) is 31.8 Å². The van der Waals surface area contributed by atoms with Crippen LogP contribution in [0.3, 0.4) is 0 Å². The summed E-state index contributed by atoms with van der Waals surface area (Å²) in [4.78, 5) is 38.2. The van der Waals surface area contributed by atoms with Gasteiger partial charge in [0.25, 0.3) is 0 Å². The molecule has 5 rings (SSSR count). The van der Waals surface area contributed by atoms with E-state index in [4.69, 9.17) is 14.2 Å². The first-order chi connectivity index (χ1) is 17.6. The molecule has 4 fully saturated rings. The fourth-order valence-corrected chi connectivity index (χ4v) is 8.56. The zero-order chi connectivity index (χ0) is 26.6. The van der Waals surface area contributed by atoms with Crippen molar-refractivity contribution in [2.24, 2.45) is 28.6 Å². The zero-order valence-corrected chi connectivity index (χ0v) is 22.8. The summed E-state index contributed by atoms with van der Waals surface area (Å²) in [7, 11) is 0. The van der Waals surface area contributed by atoms with Gasteiger partial charge in [-0.15, -0.1) is 0 Å². The molecule has 8 nitrogen and oxygen atoms in total. The van der Waals surface area contributed by atoms with E-state index < -0.39 is 47.6 Å². The normalized spacial score (nSPS) is 43.8. The number of aliphatic hydroxyl groups excluding tert-OH is 1. The minimum absolute atomic E-state index is 0.00295. The number of ketones is 2. The van der Waals surface area contributed by atoms with Crippen LogP contribution in [0.25, 0.3) is 0 Å². The van der Waals surface area contributed by atoms with Crippen molar-refractivity contribution in [2.75, 3.05) is 18.9 Å². The Bertz CT molecular complexity index is 1030. The molecule has 0 bridgehead atoms. The van der Waals surface area contributed by atoms with Crippen LogP contribution in [0.5, 0.6) is 0 Å². The Hall–Kier alpha value is -1.68. The molecule has 1 amide bonds. The number of hydrogen-bond acceptors (Lipinski definition) is 8. The molecule has 1 aliphatic heterocycles. The van der Waals surface area contributed by atoms with E-state index in [9.17, 15) is 19.5 Å². The minimum atomic E-state index is -1.29. The van der Waals surface area contributed by atoms with Crippen LogP contribution in [0.15, 0.2) is 23.8 Å². The summed E-state index contributed by atoms with van der Waals surface area (Å²) in [5.74, 6) is 0.321. The lowest BCUT2D eigenvalue weighted by Crippen LogP contribution is -2.63. The highest BCUT2D eigenvalue weighted by atomic mass is 32.1. The largest absolute Gasteiger partial charge is 0.441 e. The molecule has 9 heteroatoms. The van der Waals surface area contributed by atoms with E-state index in [0.29, 0.717) is 31.6 Å². The van der Waals surface area contributed by atoms with Gasteiger partial charge >= 0.3 is 6.09 Å². The molecule has 1 unspecified atom stereocenters. The number of nitrogens with one attached hydrogen (secondary N) is 1. The predicted octanol–water partition coefficient (Wildman–Crippen LogP) is 3.38. The van der Waals surface area contributed by atoms with Crippen molar-refractivity contribution in [2.45, 2.75) is 83.4 Å². The van der Waals surface area contributed by atoms with Gasteiger partial charge in [-0.1, -0.05) is 38.8 Å². The number of allylic oxidation sites excluding steroid dienone is 4. The summed E-state index contributed by atoms with van der Waals surface area (Å²) in [5.41, 5.74) is -1.28. The van der Waals surface area contributed by atoms with E-state index in [1.165, 1.54) is 0 Å². The smallest absolute Gasteiger partial charge is 0.407 e. The van der Waals surface area contributed by atoms with Crippen LogP contribution >= 0.6 is 12.6 Å². The van der Waals surface area contributed by atoms with Crippen molar-refractivity contribution in [3.63, 3.8) is 0 Å². The number of fused-ring (bicyclic) bond motifs is 7. The molecule has 0 spiro atoms. The Balaban J connectivity index is 1.47. The fourth-order valence-electron chi connectivity index (χ4n) is 8.45. The average Bonchev–Trinajstić information content (AvgIpc) is 3.33. The standard InChI is InChI=1S/C28H39NO7S/c1-4-5-23-35-22-13-19-18-7-6-16-12-17(30)8-9-26(16,2)24(18)20(31)14-27(19,3)28(22,36-23)21(32)15-34-25(33)29-10-11-37/h8-9,12,18-20,22-24,31,37H,4-7,10-11,13-15H2,1-3H3,(H,29,33)/t18-,19-,20-,22+,23?,24+,26-,27-,28+/m0/s1. The van der Waals surface area contributed by atoms with Crippen molar-refractivity contribution in [1.82, 2.24) is 5.32 Å². The van der Waals surface area contributed by atoms with Gasteiger partial charge in [0.2, 0.25) is 5.78 Å². The van der Waals surface area contributed by atoms with Gasteiger partial charge in [-0.05, 0) is 56.1 Å². The highest BCUT2D eigenvalue weighted by Gasteiger charge is 2.75. The number of amides is 1. The van der Waals surface area contributed by atoms with E-state index >= 15 is 0 Å².